The number of ketones is 1. The molecular weight excluding hydrogens is 357 g/mol. The van der Waals surface area contributed by atoms with Crippen LogP contribution in [-0.4, -0.2) is 43.1 Å². The van der Waals surface area contributed by atoms with Crippen molar-refractivity contribution in [1.29, 1.82) is 0 Å². The van der Waals surface area contributed by atoms with Gasteiger partial charge in [-0.3, -0.25) is 9.69 Å². The van der Waals surface area contributed by atoms with E-state index in [0.29, 0.717) is 18.8 Å². The summed E-state index contributed by atoms with van der Waals surface area (Å²) in [5.74, 6) is -0.00948. The molecule has 2 aliphatic rings. The first kappa shape index (κ1) is 19.1. The van der Waals surface area contributed by atoms with Gasteiger partial charge in [0.25, 0.3) is 0 Å². The molecule has 0 aliphatic carbocycles. The van der Waals surface area contributed by atoms with Crippen LogP contribution in [0.5, 0.6) is 5.75 Å². The molecule has 0 saturated carbocycles. The molecule has 2 unspecified atom stereocenters. The van der Waals surface area contributed by atoms with E-state index in [1.807, 2.05) is 6.07 Å². The summed E-state index contributed by atoms with van der Waals surface area (Å²) in [4.78, 5) is 15.4. The topological polar surface area (TPSA) is 38.8 Å². The fourth-order valence-corrected chi connectivity index (χ4v) is 4.47. The number of ether oxygens (including phenoxy) is 2. The van der Waals surface area contributed by atoms with Crippen molar-refractivity contribution in [1.82, 2.24) is 4.90 Å². The van der Waals surface area contributed by atoms with E-state index in [9.17, 15) is 9.18 Å². The van der Waals surface area contributed by atoms with Crippen LogP contribution in [0.25, 0.3) is 0 Å². The number of nitrogens with zero attached hydrogens (tertiary/aromatic N) is 1. The lowest BCUT2D eigenvalue weighted by molar-refractivity contribution is -0.133. The Kier molecular flexibility index (Phi) is 5.74. The molecule has 4 nitrogen and oxygen atoms in total. The predicted octanol–water partition coefficient (Wildman–Crippen LogP) is 3.63. The summed E-state index contributed by atoms with van der Waals surface area (Å²) >= 11 is 0. The van der Waals surface area contributed by atoms with Gasteiger partial charge in [0.2, 0.25) is 0 Å². The molecule has 2 saturated heterocycles. The van der Waals surface area contributed by atoms with Gasteiger partial charge in [-0.2, -0.15) is 0 Å². The van der Waals surface area contributed by atoms with Crippen molar-refractivity contribution in [2.45, 2.75) is 37.9 Å². The Hall–Kier alpha value is -2.24. The lowest BCUT2D eigenvalue weighted by Gasteiger charge is -2.48. The third-order valence-corrected chi connectivity index (χ3v) is 5.93. The third-order valence-electron chi connectivity index (χ3n) is 5.93. The second-order valence-electron chi connectivity index (χ2n) is 7.78. The first-order chi connectivity index (χ1) is 13.6. The van der Waals surface area contributed by atoms with E-state index in [1.54, 1.807) is 12.1 Å². The van der Waals surface area contributed by atoms with Crippen molar-refractivity contribution < 1.29 is 18.7 Å². The summed E-state index contributed by atoms with van der Waals surface area (Å²) in [6, 6.07) is 15.7. The molecule has 2 aliphatic heterocycles. The fraction of sp³-hybridized carbons (Fsp3) is 0.435. The van der Waals surface area contributed by atoms with Crippen molar-refractivity contribution in [2.24, 2.45) is 5.92 Å². The number of piperidine rings is 1. The molecule has 28 heavy (non-hydrogen) atoms. The van der Waals surface area contributed by atoms with E-state index in [4.69, 9.17) is 9.47 Å². The molecule has 2 fully saturated rings. The van der Waals surface area contributed by atoms with Gasteiger partial charge in [-0.25, -0.2) is 4.39 Å². The quantitative estimate of drug-likeness (QED) is 0.764. The number of hydrogen-bond acceptors (Lipinski definition) is 4. The zero-order chi connectivity index (χ0) is 19.5. The van der Waals surface area contributed by atoms with Gasteiger partial charge in [0, 0.05) is 31.0 Å². The number of benzene rings is 2. The number of fused-ring (bicyclic) bond motifs is 2. The largest absolute Gasteiger partial charge is 0.494 e. The number of rotatable bonds is 6. The molecule has 0 spiro atoms. The van der Waals surface area contributed by atoms with Crippen LogP contribution >= 0.6 is 0 Å². The van der Waals surface area contributed by atoms with Crippen LogP contribution in [0.15, 0.2) is 48.5 Å². The van der Waals surface area contributed by atoms with E-state index in [2.05, 4.69) is 29.2 Å². The number of hydrogen-bond donors (Lipinski definition) is 0. The highest BCUT2D eigenvalue weighted by molar-refractivity contribution is 5.83. The molecule has 0 N–H and O–H groups in total. The minimum absolute atomic E-state index is 0.0103. The number of carbonyl (C=O) groups is 1. The average molecular weight is 383 g/mol. The average Bonchev–Trinajstić information content (AvgIpc) is 2.68. The van der Waals surface area contributed by atoms with Crippen LogP contribution in [0.4, 0.5) is 4.39 Å². The summed E-state index contributed by atoms with van der Waals surface area (Å²) in [6.45, 7) is 2.23. The van der Waals surface area contributed by atoms with Gasteiger partial charge in [0.15, 0.2) is 11.6 Å². The van der Waals surface area contributed by atoms with Crippen molar-refractivity contribution in [3.63, 3.8) is 0 Å². The molecule has 0 amide bonds. The molecule has 2 bridgehead atoms. The number of carbonyl (C=O) groups excluding carboxylic acids is 1. The molecule has 4 rings (SSSR count). The maximum absolute atomic E-state index is 13.9. The first-order valence-electron chi connectivity index (χ1n) is 9.86. The SMILES string of the molecule is COc1ccc(CC(=O)C2CC3COCC(C2)N3Cc2ccccc2)cc1F. The van der Waals surface area contributed by atoms with E-state index in [1.165, 1.54) is 18.7 Å². The number of morpholine rings is 1. The molecule has 2 heterocycles. The summed E-state index contributed by atoms with van der Waals surface area (Å²) in [6.07, 6.45) is 1.88. The molecule has 5 heteroatoms. The monoisotopic (exact) mass is 383 g/mol. The van der Waals surface area contributed by atoms with Crippen molar-refractivity contribution in [3.8, 4) is 5.75 Å². The van der Waals surface area contributed by atoms with Crippen LogP contribution in [0.3, 0.4) is 0 Å². The lowest BCUT2D eigenvalue weighted by atomic mass is 9.80. The van der Waals surface area contributed by atoms with Gasteiger partial charge >= 0.3 is 0 Å². The molecule has 2 aromatic carbocycles. The summed E-state index contributed by atoms with van der Waals surface area (Å²) < 4.78 is 24.7. The van der Waals surface area contributed by atoms with Gasteiger partial charge in [0.1, 0.15) is 5.78 Å². The van der Waals surface area contributed by atoms with E-state index < -0.39 is 5.82 Å². The van der Waals surface area contributed by atoms with Crippen LogP contribution in [0.1, 0.15) is 24.0 Å². The van der Waals surface area contributed by atoms with Gasteiger partial charge < -0.3 is 9.47 Å². The fourth-order valence-electron chi connectivity index (χ4n) is 4.47. The van der Waals surface area contributed by atoms with Gasteiger partial charge in [-0.1, -0.05) is 36.4 Å². The Labute approximate surface area is 165 Å². The lowest BCUT2D eigenvalue weighted by Crippen LogP contribution is -2.57. The second-order valence-corrected chi connectivity index (χ2v) is 7.78. The second kappa shape index (κ2) is 8.41. The molecule has 0 radical (unpaired) electrons. The Morgan fingerprint density at radius 3 is 2.46 bits per heavy atom. The molecule has 0 aromatic heterocycles. The maximum atomic E-state index is 13.9. The van der Waals surface area contributed by atoms with Gasteiger partial charge in [-0.15, -0.1) is 0 Å². The van der Waals surface area contributed by atoms with Crippen LogP contribution in [0, 0.1) is 11.7 Å². The molecule has 148 valence electrons. The summed E-state index contributed by atoms with van der Waals surface area (Å²) in [5.41, 5.74) is 1.99. The Morgan fingerprint density at radius 2 is 1.82 bits per heavy atom. The van der Waals surface area contributed by atoms with Crippen LogP contribution in [0.2, 0.25) is 0 Å². The van der Waals surface area contributed by atoms with E-state index in [-0.39, 0.29) is 36.0 Å². The van der Waals surface area contributed by atoms with Crippen molar-refractivity contribution in [2.75, 3.05) is 20.3 Å². The Bertz CT molecular complexity index is 812. The van der Waals surface area contributed by atoms with Crippen molar-refractivity contribution in [3.05, 3.63) is 65.5 Å². The van der Waals surface area contributed by atoms with Gasteiger partial charge in [0.05, 0.1) is 20.3 Å². The standard InChI is InChI=1S/C23H26FNO3/c1-27-23-8-7-17(9-21(23)24)10-22(26)18-11-19-14-28-15-20(12-18)25(19)13-16-5-3-2-4-6-16/h2-9,18-20H,10-15H2,1H3. The highest BCUT2D eigenvalue weighted by Crippen LogP contribution is 2.34. The highest BCUT2D eigenvalue weighted by atomic mass is 19.1. The number of halogens is 1. The minimum atomic E-state index is -0.421. The van der Waals surface area contributed by atoms with Crippen LogP contribution < -0.4 is 4.74 Å². The Morgan fingerprint density at radius 1 is 1.11 bits per heavy atom. The predicted molar refractivity (Wildman–Crippen MR) is 105 cm³/mol. The molecule has 2 atom stereocenters. The normalized spacial score (nSPS) is 24.7. The smallest absolute Gasteiger partial charge is 0.165 e. The zero-order valence-electron chi connectivity index (χ0n) is 16.1. The number of Topliss-reactive ketones (excluding diaryl/α,β-unsaturated/α-hetero) is 1. The molecular formula is C23H26FNO3. The van der Waals surface area contributed by atoms with E-state index in [0.717, 1.165) is 19.4 Å². The first-order valence-corrected chi connectivity index (χ1v) is 9.86. The van der Waals surface area contributed by atoms with Gasteiger partial charge in [-0.05, 0) is 36.1 Å². The van der Waals surface area contributed by atoms with E-state index >= 15 is 0 Å². The zero-order valence-corrected chi connectivity index (χ0v) is 16.1. The highest BCUT2D eigenvalue weighted by Gasteiger charge is 2.41. The molecule has 2 aromatic rings. The summed E-state index contributed by atoms with van der Waals surface area (Å²) in [7, 11) is 1.44. The number of methoxy groups -OCH3 is 1. The summed E-state index contributed by atoms with van der Waals surface area (Å²) in [5, 5.41) is 0. The minimum Gasteiger partial charge on any atom is -0.494 e. The maximum Gasteiger partial charge on any atom is 0.165 e. The van der Waals surface area contributed by atoms with Crippen LogP contribution in [-0.2, 0) is 22.5 Å². The third kappa shape index (κ3) is 4.10. The van der Waals surface area contributed by atoms with Crippen molar-refractivity contribution >= 4 is 5.78 Å². The Balaban J connectivity index is 1.42.